The Bertz CT molecular complexity index is 3540. The lowest BCUT2D eigenvalue weighted by molar-refractivity contribution is 0.669. The van der Waals surface area contributed by atoms with Crippen LogP contribution in [0, 0.1) is 0 Å². The van der Waals surface area contributed by atoms with E-state index in [1.54, 1.807) is 0 Å². The Morgan fingerprint density at radius 3 is 1.47 bits per heavy atom. The first kappa shape index (κ1) is 33.3. The van der Waals surface area contributed by atoms with E-state index in [9.17, 15) is 0 Å². The summed E-state index contributed by atoms with van der Waals surface area (Å²) in [6, 6.07) is 72.8. The Labute approximate surface area is 341 Å². The third kappa shape index (κ3) is 5.31. The molecule has 12 rings (SSSR count). The Kier molecular flexibility index (Phi) is 7.57. The zero-order chi connectivity index (χ0) is 38.9. The fourth-order valence-electron chi connectivity index (χ4n) is 9.56. The number of para-hydroxylation sites is 1. The fraction of sp³-hybridized carbons (Fsp3) is 0. The number of nitrogens with zero attached hydrogens (tertiary/aromatic N) is 1. The molecule has 59 heavy (non-hydrogen) atoms. The van der Waals surface area contributed by atoms with Crippen molar-refractivity contribution in [3.63, 3.8) is 0 Å². The van der Waals surface area contributed by atoms with E-state index in [-0.39, 0.29) is 0 Å². The second kappa shape index (κ2) is 13.4. The molecule has 0 aliphatic rings. The Morgan fingerprint density at radius 2 is 0.780 bits per heavy atom. The largest absolute Gasteiger partial charge is 0.456 e. The highest BCUT2D eigenvalue weighted by atomic mass is 16.3. The second-order valence-electron chi connectivity index (χ2n) is 15.4. The molecule has 0 bridgehead atoms. The molecule has 2 aromatic heterocycles. The van der Waals surface area contributed by atoms with Crippen LogP contribution in [-0.4, -0.2) is 4.98 Å². The molecule has 0 unspecified atom stereocenters. The molecule has 12 aromatic rings. The van der Waals surface area contributed by atoms with Gasteiger partial charge in [0.25, 0.3) is 0 Å². The summed E-state index contributed by atoms with van der Waals surface area (Å²) in [6.07, 6.45) is 3.75. The average molecular weight is 750 g/mol. The van der Waals surface area contributed by atoms with Gasteiger partial charge in [0.15, 0.2) is 0 Å². The number of hydrogen-bond acceptors (Lipinski definition) is 2. The minimum atomic E-state index is 0.894. The van der Waals surface area contributed by atoms with Crippen LogP contribution in [0.1, 0.15) is 0 Å². The minimum Gasteiger partial charge on any atom is -0.456 e. The summed E-state index contributed by atoms with van der Waals surface area (Å²) in [6.45, 7) is 0. The number of rotatable bonds is 5. The highest BCUT2D eigenvalue weighted by Gasteiger charge is 2.20. The number of pyridine rings is 1. The third-order valence-corrected chi connectivity index (χ3v) is 12.2. The van der Waals surface area contributed by atoms with Gasteiger partial charge in [-0.1, -0.05) is 164 Å². The van der Waals surface area contributed by atoms with E-state index >= 15 is 0 Å². The molecular weight excluding hydrogens is 715 g/mol. The van der Waals surface area contributed by atoms with E-state index in [0.717, 1.165) is 44.2 Å². The summed E-state index contributed by atoms with van der Waals surface area (Å²) in [5.41, 5.74) is 13.7. The lowest BCUT2D eigenvalue weighted by atomic mass is 9.83. The van der Waals surface area contributed by atoms with Gasteiger partial charge >= 0.3 is 0 Å². The van der Waals surface area contributed by atoms with Gasteiger partial charge in [-0.2, -0.15) is 0 Å². The summed E-state index contributed by atoms with van der Waals surface area (Å²) >= 11 is 0. The van der Waals surface area contributed by atoms with Crippen LogP contribution in [0.5, 0.6) is 0 Å². The molecule has 0 fully saturated rings. The maximum absolute atomic E-state index is 6.23. The van der Waals surface area contributed by atoms with Gasteiger partial charge < -0.3 is 4.42 Å². The van der Waals surface area contributed by atoms with Crippen LogP contribution in [0.3, 0.4) is 0 Å². The third-order valence-electron chi connectivity index (χ3n) is 12.2. The maximum Gasteiger partial charge on any atom is 0.135 e. The Balaban J connectivity index is 1.07. The fourth-order valence-corrected chi connectivity index (χ4v) is 9.56. The van der Waals surface area contributed by atoms with E-state index in [2.05, 4.69) is 193 Å². The van der Waals surface area contributed by atoms with Crippen molar-refractivity contribution in [1.82, 2.24) is 4.98 Å². The molecule has 0 saturated heterocycles. The Morgan fingerprint density at radius 1 is 0.271 bits per heavy atom. The van der Waals surface area contributed by atoms with Gasteiger partial charge in [0.2, 0.25) is 0 Å². The molecule has 0 amide bonds. The molecule has 2 heteroatoms. The lowest BCUT2D eigenvalue weighted by Crippen LogP contribution is -1.93. The van der Waals surface area contributed by atoms with Crippen molar-refractivity contribution in [1.29, 1.82) is 0 Å². The number of hydrogen-bond donors (Lipinski definition) is 0. The molecule has 10 aromatic carbocycles. The van der Waals surface area contributed by atoms with Crippen LogP contribution >= 0.6 is 0 Å². The molecule has 0 aliphatic heterocycles. The average Bonchev–Trinajstić information content (AvgIpc) is 3.69. The first-order chi connectivity index (χ1) is 29.3. The van der Waals surface area contributed by atoms with E-state index in [0.29, 0.717) is 0 Å². The van der Waals surface area contributed by atoms with Crippen LogP contribution in [0.25, 0.3) is 121 Å². The minimum absolute atomic E-state index is 0.894. The van der Waals surface area contributed by atoms with Crippen LogP contribution in [0.2, 0.25) is 0 Å². The topological polar surface area (TPSA) is 26.0 Å². The predicted molar refractivity (Wildman–Crippen MR) is 249 cm³/mol. The normalized spacial score (nSPS) is 11.7. The first-order valence-electron chi connectivity index (χ1n) is 20.2. The monoisotopic (exact) mass is 749 g/mol. The number of aromatic nitrogens is 1. The van der Waals surface area contributed by atoms with Crippen molar-refractivity contribution >= 4 is 65.0 Å². The van der Waals surface area contributed by atoms with E-state index in [1.807, 2.05) is 24.5 Å². The summed E-state index contributed by atoms with van der Waals surface area (Å²) < 4.78 is 6.23. The molecule has 0 spiro atoms. The van der Waals surface area contributed by atoms with Gasteiger partial charge in [-0.05, 0) is 135 Å². The highest BCUT2D eigenvalue weighted by Crippen LogP contribution is 2.48. The maximum atomic E-state index is 6.23. The summed E-state index contributed by atoms with van der Waals surface area (Å²) in [7, 11) is 0. The molecule has 274 valence electrons. The van der Waals surface area contributed by atoms with Crippen LogP contribution in [0.15, 0.2) is 217 Å². The lowest BCUT2D eigenvalue weighted by Gasteiger charge is -2.20. The molecule has 2 nitrogen and oxygen atoms in total. The standard InChI is InChI=1S/C57H35NO/c1-2-13-41-39(12-1)35-52(45-15-4-3-14-44(41)45)57-49-19-7-5-17-47(49)56(48-18-6-8-20-50(48)57)38-26-24-37(25-27-38)55-42(36-30-32-58-33-31-36)21-11-22-43(55)40-28-29-54-51(34-40)46-16-9-10-23-53(46)59-54/h1-35H. The van der Waals surface area contributed by atoms with Gasteiger partial charge in [0, 0.05) is 23.2 Å². The van der Waals surface area contributed by atoms with Crippen molar-refractivity contribution in [2.75, 3.05) is 0 Å². The highest BCUT2D eigenvalue weighted by molar-refractivity contribution is 6.25. The van der Waals surface area contributed by atoms with Crippen LogP contribution in [-0.2, 0) is 0 Å². The van der Waals surface area contributed by atoms with Crippen molar-refractivity contribution in [3.8, 4) is 55.6 Å². The molecule has 2 heterocycles. The summed E-state index contributed by atoms with van der Waals surface area (Å²) in [5.74, 6) is 0. The van der Waals surface area contributed by atoms with E-state index < -0.39 is 0 Å². The van der Waals surface area contributed by atoms with Crippen molar-refractivity contribution < 1.29 is 4.42 Å². The number of fused-ring (bicyclic) bond motifs is 8. The molecule has 0 aliphatic carbocycles. The second-order valence-corrected chi connectivity index (χ2v) is 15.4. The smallest absolute Gasteiger partial charge is 0.135 e. The van der Waals surface area contributed by atoms with Gasteiger partial charge in [0.05, 0.1) is 0 Å². The zero-order valence-electron chi connectivity index (χ0n) is 32.1. The molecule has 0 N–H and O–H groups in total. The van der Waals surface area contributed by atoms with E-state index in [4.69, 9.17) is 4.42 Å². The van der Waals surface area contributed by atoms with E-state index in [1.165, 1.54) is 76.5 Å². The Hall–Kier alpha value is -7.81. The molecular formula is C57H35NO. The number of benzene rings is 10. The summed E-state index contributed by atoms with van der Waals surface area (Å²) in [5, 5.41) is 12.3. The van der Waals surface area contributed by atoms with Gasteiger partial charge in [-0.25, -0.2) is 0 Å². The van der Waals surface area contributed by atoms with Crippen molar-refractivity contribution in [2.45, 2.75) is 0 Å². The molecule has 0 atom stereocenters. The zero-order valence-corrected chi connectivity index (χ0v) is 32.1. The van der Waals surface area contributed by atoms with Crippen molar-refractivity contribution in [3.05, 3.63) is 213 Å². The van der Waals surface area contributed by atoms with Gasteiger partial charge in [-0.15, -0.1) is 0 Å². The van der Waals surface area contributed by atoms with Gasteiger partial charge in [-0.3, -0.25) is 4.98 Å². The molecule has 0 saturated carbocycles. The van der Waals surface area contributed by atoms with Crippen LogP contribution in [0.4, 0.5) is 0 Å². The quantitative estimate of drug-likeness (QED) is 0.129. The van der Waals surface area contributed by atoms with Crippen LogP contribution < -0.4 is 0 Å². The molecule has 0 radical (unpaired) electrons. The predicted octanol–water partition coefficient (Wildman–Crippen LogP) is 15.9. The number of furan rings is 1. The first-order valence-corrected chi connectivity index (χ1v) is 20.2. The van der Waals surface area contributed by atoms with Gasteiger partial charge in [0.1, 0.15) is 11.2 Å². The summed E-state index contributed by atoms with van der Waals surface area (Å²) in [4.78, 5) is 4.35. The SMILES string of the molecule is c1cc(-c2ccncc2)c(-c2ccc(-c3c4ccccc4c(-c4cc5ccccc5c5ccccc45)c4ccccc34)cc2)c(-c2ccc3oc4ccccc4c3c2)c1. The van der Waals surface area contributed by atoms with Crippen molar-refractivity contribution in [2.24, 2.45) is 0 Å².